The summed E-state index contributed by atoms with van der Waals surface area (Å²) in [7, 11) is 0. The van der Waals surface area contributed by atoms with Crippen molar-refractivity contribution in [2.75, 3.05) is 0 Å². The summed E-state index contributed by atoms with van der Waals surface area (Å²) in [6, 6.07) is 7.96. The summed E-state index contributed by atoms with van der Waals surface area (Å²) < 4.78 is 1.33. The van der Waals surface area contributed by atoms with E-state index in [1.165, 1.54) is 4.16 Å². The largest absolute Gasteiger partial charge is 0.147 e. The quantitative estimate of drug-likeness (QED) is 0.603. The van der Waals surface area contributed by atoms with Crippen molar-refractivity contribution in [3.05, 3.63) is 29.8 Å². The molecule has 0 N–H and O–H groups in total. The number of ketones is 1. The van der Waals surface area contributed by atoms with Crippen molar-refractivity contribution >= 4 is 22.3 Å². The summed E-state index contributed by atoms with van der Waals surface area (Å²) in [4.78, 5) is 11.5. The van der Waals surface area contributed by atoms with Gasteiger partial charge in [0.25, 0.3) is 0 Å². The Labute approximate surface area is 101 Å². The summed E-state index contributed by atoms with van der Waals surface area (Å²) in [6.45, 7) is 2.10. The van der Waals surface area contributed by atoms with E-state index in [2.05, 4.69) is 6.92 Å². The van der Waals surface area contributed by atoms with Crippen LogP contribution in [0.1, 0.15) is 36.5 Å². The zero-order valence-electron chi connectivity index (χ0n) is 8.45. The zero-order valence-corrected chi connectivity index (χ0v) is 12.2. The van der Waals surface area contributed by atoms with Gasteiger partial charge in [-0.1, -0.05) is 0 Å². The first-order valence-corrected chi connectivity index (χ1v) is 6.17. The Kier molecular flexibility index (Phi) is 7.04. The fourth-order valence-electron chi connectivity index (χ4n) is 1.17. The molecule has 0 aromatic heterocycles. The first kappa shape index (κ1) is 13.8. The maximum absolute atomic E-state index is 11.5. The van der Waals surface area contributed by atoms with Gasteiger partial charge in [-0.15, -0.1) is 12.4 Å². The molecule has 0 fully saturated rings. The van der Waals surface area contributed by atoms with Crippen LogP contribution in [-0.4, -0.2) is 5.78 Å². The van der Waals surface area contributed by atoms with Gasteiger partial charge in [-0.2, -0.15) is 0 Å². The maximum Gasteiger partial charge on any atom is -0.147 e. The minimum Gasteiger partial charge on any atom is -0.147 e. The fraction of sp³-hybridized carbons (Fsp3) is 0.364. The molecule has 0 atom stereocenters. The Hall–Kier alpha value is -0.197. The average molecular weight is 263 g/mol. The summed E-state index contributed by atoms with van der Waals surface area (Å²) in [6.07, 6.45) is 2.78. The molecule has 1 rings (SSSR count). The second-order valence-electron chi connectivity index (χ2n) is 3.22. The standard InChI is InChI=1S/C11H13O.ClH.Zn/c1-2-3-9-11(12)10-7-5-4-6-8-10;;/h5-8H,2-3,9H2,1H3;1H;. The van der Waals surface area contributed by atoms with Crippen LogP contribution in [-0.2, 0) is 18.3 Å². The van der Waals surface area contributed by atoms with Crippen LogP contribution < -0.4 is 4.16 Å². The minimum atomic E-state index is 0. The average Bonchev–Trinajstić information content (AvgIpc) is 2.15. The number of carbonyl (C=O) groups is 1. The van der Waals surface area contributed by atoms with Crippen LogP contribution in [0.25, 0.3) is 0 Å². The van der Waals surface area contributed by atoms with Crippen LogP contribution in [0.2, 0.25) is 0 Å². The third-order valence-electron chi connectivity index (χ3n) is 2.03. The smallest absolute Gasteiger partial charge is 0.147 e. The number of hydrogen-bond acceptors (Lipinski definition) is 1. The van der Waals surface area contributed by atoms with Crippen LogP contribution in [0, 0.1) is 0 Å². The van der Waals surface area contributed by atoms with E-state index in [4.69, 9.17) is 0 Å². The normalized spacial score (nSPS) is 9.36. The molecule has 0 amide bonds. The van der Waals surface area contributed by atoms with Crippen molar-refractivity contribution in [3.8, 4) is 0 Å². The Morgan fingerprint density at radius 2 is 1.86 bits per heavy atom. The van der Waals surface area contributed by atoms with Gasteiger partial charge in [0, 0.05) is 0 Å². The van der Waals surface area contributed by atoms with Gasteiger partial charge in [-0.05, 0) is 0 Å². The van der Waals surface area contributed by atoms with Crippen molar-refractivity contribution in [2.45, 2.75) is 26.2 Å². The summed E-state index contributed by atoms with van der Waals surface area (Å²) in [5.41, 5.74) is 0.866. The Morgan fingerprint density at radius 1 is 1.29 bits per heavy atom. The van der Waals surface area contributed by atoms with Gasteiger partial charge < -0.3 is 0 Å². The van der Waals surface area contributed by atoms with E-state index in [1.54, 1.807) is 0 Å². The Morgan fingerprint density at radius 3 is 2.36 bits per heavy atom. The fourth-order valence-corrected chi connectivity index (χ4v) is 1.67. The number of benzene rings is 1. The molecular weight excluding hydrogens is 249 g/mol. The van der Waals surface area contributed by atoms with Gasteiger partial charge in [-0.3, -0.25) is 0 Å². The molecule has 0 saturated heterocycles. The first-order chi connectivity index (χ1) is 6.24. The van der Waals surface area contributed by atoms with E-state index >= 15 is 0 Å². The van der Waals surface area contributed by atoms with Gasteiger partial charge in [0.15, 0.2) is 0 Å². The molecule has 3 heteroatoms. The predicted molar refractivity (Wildman–Crippen MR) is 57.2 cm³/mol. The van der Waals surface area contributed by atoms with Gasteiger partial charge in [0.2, 0.25) is 0 Å². The molecule has 0 spiro atoms. The zero-order chi connectivity index (χ0) is 9.68. The molecule has 1 nitrogen and oxygen atoms in total. The van der Waals surface area contributed by atoms with Crippen molar-refractivity contribution in [3.63, 3.8) is 0 Å². The molecule has 0 saturated carbocycles. The van der Waals surface area contributed by atoms with E-state index in [-0.39, 0.29) is 18.2 Å². The molecule has 14 heavy (non-hydrogen) atoms. The van der Waals surface area contributed by atoms with Gasteiger partial charge in [0.05, 0.1) is 0 Å². The summed E-state index contributed by atoms with van der Waals surface area (Å²) >= 11 is 1.16. The van der Waals surface area contributed by atoms with E-state index in [1.807, 2.05) is 24.3 Å². The molecular formula is C11H14ClOZn. The molecule has 1 aromatic carbocycles. The second kappa shape index (κ2) is 7.14. The third-order valence-corrected chi connectivity index (χ3v) is 3.02. The van der Waals surface area contributed by atoms with Crippen LogP contribution >= 0.6 is 12.4 Å². The minimum absolute atomic E-state index is 0. The molecule has 1 aromatic rings. The van der Waals surface area contributed by atoms with Crippen molar-refractivity contribution < 1.29 is 23.1 Å². The van der Waals surface area contributed by atoms with E-state index in [9.17, 15) is 4.79 Å². The molecule has 0 radical (unpaired) electrons. The van der Waals surface area contributed by atoms with E-state index in [0.717, 1.165) is 36.7 Å². The Balaban J connectivity index is 0.00000169. The van der Waals surface area contributed by atoms with Gasteiger partial charge >= 0.3 is 89.1 Å². The first-order valence-electron chi connectivity index (χ1n) is 4.69. The Bertz CT molecular complexity index is 282. The van der Waals surface area contributed by atoms with Crippen LogP contribution in [0.5, 0.6) is 0 Å². The number of Topliss-reactive ketones (excluding diaryl/α,β-unsaturated/α-hetero) is 1. The van der Waals surface area contributed by atoms with E-state index < -0.39 is 0 Å². The second-order valence-corrected chi connectivity index (χ2v) is 4.94. The van der Waals surface area contributed by atoms with Crippen LogP contribution in [0.4, 0.5) is 0 Å². The molecule has 0 heterocycles. The third kappa shape index (κ3) is 4.35. The van der Waals surface area contributed by atoms with Gasteiger partial charge in [0.1, 0.15) is 0 Å². The van der Waals surface area contributed by atoms with E-state index in [0.29, 0.717) is 6.42 Å². The maximum atomic E-state index is 11.5. The number of carbonyl (C=O) groups excluding carboxylic acids is 1. The molecule has 0 bridgehead atoms. The number of rotatable bonds is 4. The number of hydrogen-bond donors (Lipinski definition) is 0. The molecule has 0 aliphatic carbocycles. The summed E-state index contributed by atoms with van der Waals surface area (Å²) in [5, 5.41) is 0. The van der Waals surface area contributed by atoms with Gasteiger partial charge in [-0.25, -0.2) is 0 Å². The predicted octanol–water partition coefficient (Wildman–Crippen LogP) is 2.65. The van der Waals surface area contributed by atoms with Crippen LogP contribution in [0.15, 0.2) is 24.3 Å². The van der Waals surface area contributed by atoms with Crippen molar-refractivity contribution in [2.24, 2.45) is 0 Å². The molecule has 73 valence electrons. The SMILES string of the molecule is CCCCC(=O)c1cc[c]([Zn])cc1.Cl. The summed E-state index contributed by atoms with van der Waals surface area (Å²) in [5.74, 6) is 0.279. The number of halogens is 1. The molecule has 0 aliphatic rings. The molecule has 0 unspecified atom stereocenters. The van der Waals surface area contributed by atoms with Crippen LogP contribution in [0.3, 0.4) is 0 Å². The molecule has 0 aliphatic heterocycles. The number of unbranched alkanes of at least 4 members (excludes halogenated alkanes) is 1. The monoisotopic (exact) mass is 261 g/mol. The van der Waals surface area contributed by atoms with Crippen molar-refractivity contribution in [1.82, 2.24) is 0 Å². The topological polar surface area (TPSA) is 17.1 Å². The van der Waals surface area contributed by atoms with Crippen molar-refractivity contribution in [1.29, 1.82) is 0 Å².